The largest absolute Gasteiger partial charge is 0.491 e. The third kappa shape index (κ3) is 3.00. The van der Waals surface area contributed by atoms with Crippen molar-refractivity contribution < 1.29 is 4.74 Å². The van der Waals surface area contributed by atoms with Gasteiger partial charge in [-0.15, -0.1) is 0 Å². The first kappa shape index (κ1) is 13.9. The molecule has 1 aromatic carbocycles. The monoisotopic (exact) mass is 283 g/mol. The molecule has 0 fully saturated rings. The van der Waals surface area contributed by atoms with E-state index in [4.69, 9.17) is 10.5 Å². The summed E-state index contributed by atoms with van der Waals surface area (Å²) in [6.07, 6.45) is 5.96. The zero-order chi connectivity index (χ0) is 14.7. The van der Waals surface area contributed by atoms with Gasteiger partial charge in [-0.05, 0) is 42.2 Å². The minimum Gasteiger partial charge on any atom is -0.491 e. The quantitative estimate of drug-likeness (QED) is 0.936. The molecule has 0 atom stereocenters. The molecule has 4 nitrogen and oxygen atoms in total. The Morgan fingerprint density at radius 2 is 2.14 bits per heavy atom. The highest BCUT2D eigenvalue weighted by molar-refractivity contribution is 5.69. The van der Waals surface area contributed by atoms with E-state index < -0.39 is 0 Å². The molecular weight excluding hydrogens is 262 g/mol. The van der Waals surface area contributed by atoms with E-state index in [1.807, 2.05) is 12.3 Å². The maximum Gasteiger partial charge on any atom is 0.138 e. The van der Waals surface area contributed by atoms with Gasteiger partial charge in [0.05, 0.1) is 6.20 Å². The van der Waals surface area contributed by atoms with Crippen molar-refractivity contribution in [2.75, 3.05) is 31.6 Å². The van der Waals surface area contributed by atoms with Crippen molar-refractivity contribution in [1.82, 2.24) is 4.98 Å². The van der Waals surface area contributed by atoms with Crippen LogP contribution in [-0.4, -0.2) is 31.7 Å². The van der Waals surface area contributed by atoms with Crippen molar-refractivity contribution in [3.63, 3.8) is 0 Å². The van der Waals surface area contributed by atoms with E-state index in [0.29, 0.717) is 13.2 Å². The van der Waals surface area contributed by atoms with Crippen molar-refractivity contribution in [3.05, 3.63) is 42.2 Å². The summed E-state index contributed by atoms with van der Waals surface area (Å²) in [5.41, 5.74) is 10.5. The Hall–Kier alpha value is -2.07. The van der Waals surface area contributed by atoms with Crippen molar-refractivity contribution in [1.29, 1.82) is 0 Å². The minimum atomic E-state index is 0.509. The SMILES string of the molecule is CN1CCCc2cc(-c3cncc(OCCN)c3)ccc21. The van der Waals surface area contributed by atoms with Crippen LogP contribution in [-0.2, 0) is 6.42 Å². The number of benzene rings is 1. The molecule has 110 valence electrons. The lowest BCUT2D eigenvalue weighted by molar-refractivity contribution is 0.327. The Morgan fingerprint density at radius 3 is 3.00 bits per heavy atom. The number of nitrogens with zero attached hydrogens (tertiary/aromatic N) is 2. The number of rotatable bonds is 4. The molecule has 1 aliphatic rings. The Morgan fingerprint density at radius 1 is 1.24 bits per heavy atom. The van der Waals surface area contributed by atoms with Gasteiger partial charge in [-0.3, -0.25) is 4.98 Å². The zero-order valence-electron chi connectivity index (χ0n) is 12.4. The van der Waals surface area contributed by atoms with E-state index in [1.54, 1.807) is 6.20 Å². The van der Waals surface area contributed by atoms with E-state index in [0.717, 1.165) is 24.3 Å². The molecule has 2 heterocycles. The summed E-state index contributed by atoms with van der Waals surface area (Å²) in [7, 11) is 2.15. The summed E-state index contributed by atoms with van der Waals surface area (Å²) in [5, 5.41) is 0. The third-order valence-electron chi connectivity index (χ3n) is 3.86. The van der Waals surface area contributed by atoms with Gasteiger partial charge >= 0.3 is 0 Å². The normalized spacial score (nSPS) is 13.9. The van der Waals surface area contributed by atoms with Crippen LogP contribution < -0.4 is 15.4 Å². The predicted molar refractivity (Wildman–Crippen MR) is 85.8 cm³/mol. The van der Waals surface area contributed by atoms with Crippen molar-refractivity contribution in [3.8, 4) is 16.9 Å². The summed E-state index contributed by atoms with van der Waals surface area (Å²) in [4.78, 5) is 6.59. The molecule has 2 N–H and O–H groups in total. The molecule has 3 rings (SSSR count). The van der Waals surface area contributed by atoms with Gasteiger partial charge in [-0.25, -0.2) is 0 Å². The molecule has 21 heavy (non-hydrogen) atoms. The fraction of sp³-hybridized carbons (Fsp3) is 0.353. The smallest absolute Gasteiger partial charge is 0.138 e. The molecule has 0 saturated carbocycles. The van der Waals surface area contributed by atoms with Crippen LogP contribution in [0.1, 0.15) is 12.0 Å². The first-order chi connectivity index (χ1) is 10.3. The maximum atomic E-state index is 5.55. The molecule has 0 radical (unpaired) electrons. The van der Waals surface area contributed by atoms with Crippen molar-refractivity contribution in [2.45, 2.75) is 12.8 Å². The van der Waals surface area contributed by atoms with Crippen molar-refractivity contribution in [2.24, 2.45) is 5.73 Å². The predicted octanol–water partition coefficient (Wildman–Crippen LogP) is 2.47. The van der Waals surface area contributed by atoms with E-state index in [2.05, 4.69) is 35.1 Å². The zero-order valence-corrected chi connectivity index (χ0v) is 12.4. The number of ether oxygens (including phenoxy) is 1. The van der Waals surface area contributed by atoms with E-state index >= 15 is 0 Å². The van der Waals surface area contributed by atoms with Gasteiger partial charge in [0.15, 0.2) is 0 Å². The van der Waals surface area contributed by atoms with Crippen LogP contribution in [0.4, 0.5) is 5.69 Å². The first-order valence-corrected chi connectivity index (χ1v) is 7.40. The highest BCUT2D eigenvalue weighted by Gasteiger charge is 2.14. The highest BCUT2D eigenvalue weighted by atomic mass is 16.5. The van der Waals surface area contributed by atoms with Gasteiger partial charge in [0.1, 0.15) is 12.4 Å². The van der Waals surface area contributed by atoms with Gasteiger partial charge in [-0.2, -0.15) is 0 Å². The van der Waals surface area contributed by atoms with Crippen LogP contribution in [0, 0.1) is 0 Å². The minimum absolute atomic E-state index is 0.509. The molecular formula is C17H21N3O. The molecule has 2 aromatic rings. The molecule has 1 aliphatic heterocycles. The Kier molecular flexibility index (Phi) is 4.06. The van der Waals surface area contributed by atoms with Crippen molar-refractivity contribution >= 4 is 5.69 Å². The molecule has 0 spiro atoms. The summed E-state index contributed by atoms with van der Waals surface area (Å²) < 4.78 is 5.55. The van der Waals surface area contributed by atoms with Gasteiger partial charge in [-0.1, -0.05) is 6.07 Å². The van der Waals surface area contributed by atoms with Crippen LogP contribution in [0.5, 0.6) is 5.75 Å². The molecule has 0 aliphatic carbocycles. The van der Waals surface area contributed by atoms with Gasteiger partial charge in [0, 0.05) is 37.6 Å². The molecule has 4 heteroatoms. The lowest BCUT2D eigenvalue weighted by Gasteiger charge is -2.27. The number of hydrogen-bond acceptors (Lipinski definition) is 4. The molecule has 0 amide bonds. The van der Waals surface area contributed by atoms with E-state index in [-0.39, 0.29) is 0 Å². The summed E-state index contributed by atoms with van der Waals surface area (Å²) in [5.74, 6) is 0.771. The number of hydrogen-bond donors (Lipinski definition) is 1. The molecule has 0 bridgehead atoms. The fourth-order valence-electron chi connectivity index (χ4n) is 2.80. The second-order valence-corrected chi connectivity index (χ2v) is 5.42. The lowest BCUT2D eigenvalue weighted by Crippen LogP contribution is -2.24. The number of aromatic nitrogens is 1. The van der Waals surface area contributed by atoms with Crippen LogP contribution in [0.3, 0.4) is 0 Å². The van der Waals surface area contributed by atoms with E-state index in [1.165, 1.54) is 23.2 Å². The summed E-state index contributed by atoms with van der Waals surface area (Å²) in [6, 6.07) is 8.66. The molecule has 1 aromatic heterocycles. The average Bonchev–Trinajstić information content (AvgIpc) is 2.53. The molecule has 0 saturated heterocycles. The standard InChI is InChI=1S/C17H21N3O/c1-20-7-2-3-14-9-13(4-5-17(14)20)15-10-16(12-19-11-15)21-8-6-18/h4-5,9-12H,2-3,6-8,18H2,1H3. The Balaban J connectivity index is 1.90. The summed E-state index contributed by atoms with van der Waals surface area (Å²) in [6.45, 7) is 2.16. The van der Waals surface area contributed by atoms with Gasteiger partial charge in [0.25, 0.3) is 0 Å². The number of fused-ring (bicyclic) bond motifs is 1. The van der Waals surface area contributed by atoms with Gasteiger partial charge in [0.2, 0.25) is 0 Å². The second-order valence-electron chi connectivity index (χ2n) is 5.42. The number of nitrogens with two attached hydrogens (primary N) is 1. The Labute approximate surface area is 125 Å². The Bertz CT molecular complexity index is 627. The average molecular weight is 283 g/mol. The number of aryl methyl sites for hydroxylation is 1. The fourth-order valence-corrected chi connectivity index (χ4v) is 2.80. The van der Waals surface area contributed by atoms with Gasteiger partial charge < -0.3 is 15.4 Å². The van der Waals surface area contributed by atoms with Crippen LogP contribution >= 0.6 is 0 Å². The number of pyridine rings is 1. The van der Waals surface area contributed by atoms with Crippen LogP contribution in [0.2, 0.25) is 0 Å². The topological polar surface area (TPSA) is 51.4 Å². The van der Waals surface area contributed by atoms with Crippen LogP contribution in [0.15, 0.2) is 36.7 Å². The second kappa shape index (κ2) is 6.14. The number of anilines is 1. The highest BCUT2D eigenvalue weighted by Crippen LogP contribution is 2.31. The van der Waals surface area contributed by atoms with E-state index in [9.17, 15) is 0 Å². The lowest BCUT2D eigenvalue weighted by atomic mass is 9.97. The van der Waals surface area contributed by atoms with Crippen LogP contribution in [0.25, 0.3) is 11.1 Å². The maximum absolute atomic E-state index is 5.55. The summed E-state index contributed by atoms with van der Waals surface area (Å²) >= 11 is 0. The molecule has 0 unspecified atom stereocenters. The first-order valence-electron chi connectivity index (χ1n) is 7.40. The third-order valence-corrected chi connectivity index (χ3v) is 3.86.